The number of nitrogens with one attached hydrogen (secondary N) is 2. The molecule has 1 amide bonds. The second kappa shape index (κ2) is 6.46. The average molecular weight is 351 g/mol. The van der Waals surface area contributed by atoms with Gasteiger partial charge >= 0.3 is 0 Å². The first-order valence-corrected chi connectivity index (χ1v) is 10.1. The van der Waals surface area contributed by atoms with E-state index in [1.807, 2.05) is 6.92 Å². The van der Waals surface area contributed by atoms with Crippen LogP contribution in [0.5, 0.6) is 0 Å². The monoisotopic (exact) mass is 351 g/mol. The van der Waals surface area contributed by atoms with Gasteiger partial charge in [-0.1, -0.05) is 25.8 Å². The third kappa shape index (κ3) is 3.08. The zero-order valence-electron chi connectivity index (χ0n) is 14.0. The molecule has 24 heavy (non-hydrogen) atoms. The standard InChI is InChI=1S/C17H25N3O3S/c1-2-12-6-7-14(9-15(12)24(18,22)23)20-16(21)17-8-4-3-5-13(17)10-19-11-17/h6-7,9,13,19H,2-5,8,10-11H2,1H3,(H,20,21)(H2,18,22,23)/t13-,17+/m0/s1. The number of amides is 1. The van der Waals surface area contributed by atoms with E-state index < -0.39 is 10.0 Å². The minimum absolute atomic E-state index is 0.0122. The van der Waals surface area contributed by atoms with Crippen molar-refractivity contribution in [1.82, 2.24) is 5.32 Å². The quantitative estimate of drug-likeness (QED) is 0.767. The highest BCUT2D eigenvalue weighted by atomic mass is 32.2. The molecule has 3 rings (SSSR count). The Kier molecular flexibility index (Phi) is 4.68. The zero-order valence-corrected chi connectivity index (χ0v) is 14.8. The maximum absolute atomic E-state index is 13.0. The number of primary sulfonamides is 1. The number of aryl methyl sites for hydroxylation is 1. The van der Waals surface area contributed by atoms with Gasteiger partial charge in [0.25, 0.3) is 0 Å². The van der Waals surface area contributed by atoms with Crippen LogP contribution in [-0.4, -0.2) is 27.4 Å². The minimum Gasteiger partial charge on any atom is -0.326 e. The highest BCUT2D eigenvalue weighted by Gasteiger charge is 2.49. The Bertz CT molecular complexity index is 747. The number of hydrogen-bond acceptors (Lipinski definition) is 4. The molecule has 1 saturated heterocycles. The lowest BCUT2D eigenvalue weighted by molar-refractivity contribution is -0.128. The van der Waals surface area contributed by atoms with Crippen LogP contribution in [0.1, 0.15) is 38.2 Å². The number of hydrogen-bond donors (Lipinski definition) is 3. The van der Waals surface area contributed by atoms with Gasteiger partial charge in [-0.05, 0) is 49.4 Å². The molecule has 1 aliphatic heterocycles. The summed E-state index contributed by atoms with van der Waals surface area (Å²) in [5.74, 6) is 0.348. The molecule has 6 nitrogen and oxygen atoms in total. The molecule has 0 spiro atoms. The number of anilines is 1. The Labute approximate surface area is 143 Å². The predicted molar refractivity (Wildman–Crippen MR) is 93.1 cm³/mol. The molecule has 1 saturated carbocycles. The zero-order chi connectivity index (χ0) is 17.4. The smallest absolute Gasteiger partial charge is 0.238 e. The fraction of sp³-hybridized carbons (Fsp3) is 0.588. The van der Waals surface area contributed by atoms with Crippen LogP contribution in [0.15, 0.2) is 23.1 Å². The molecule has 0 radical (unpaired) electrons. The van der Waals surface area contributed by atoms with Gasteiger partial charge in [-0.25, -0.2) is 13.6 Å². The summed E-state index contributed by atoms with van der Waals surface area (Å²) < 4.78 is 23.6. The van der Waals surface area contributed by atoms with Gasteiger partial charge in [0.1, 0.15) is 0 Å². The van der Waals surface area contributed by atoms with Crippen LogP contribution in [0.25, 0.3) is 0 Å². The molecule has 7 heteroatoms. The molecule has 1 aromatic rings. The molecular formula is C17H25N3O3S. The van der Waals surface area contributed by atoms with Crippen LogP contribution >= 0.6 is 0 Å². The van der Waals surface area contributed by atoms with Crippen molar-refractivity contribution in [2.45, 2.75) is 43.9 Å². The van der Waals surface area contributed by atoms with Gasteiger partial charge in [0.15, 0.2) is 0 Å². The number of benzene rings is 1. The third-order valence-electron chi connectivity index (χ3n) is 5.50. The summed E-state index contributed by atoms with van der Waals surface area (Å²) in [5.41, 5.74) is 0.780. The van der Waals surface area contributed by atoms with Crippen LogP contribution in [0.3, 0.4) is 0 Å². The second-order valence-electron chi connectivity index (χ2n) is 6.90. The first-order chi connectivity index (χ1) is 11.4. The van der Waals surface area contributed by atoms with Crippen molar-refractivity contribution >= 4 is 21.6 Å². The largest absolute Gasteiger partial charge is 0.326 e. The van der Waals surface area contributed by atoms with Crippen molar-refractivity contribution in [2.24, 2.45) is 16.5 Å². The highest BCUT2D eigenvalue weighted by Crippen LogP contribution is 2.44. The first-order valence-electron chi connectivity index (χ1n) is 8.55. The van der Waals surface area contributed by atoms with Crippen molar-refractivity contribution < 1.29 is 13.2 Å². The van der Waals surface area contributed by atoms with Gasteiger partial charge in [0.2, 0.25) is 15.9 Å². The molecular weight excluding hydrogens is 326 g/mol. The van der Waals surface area contributed by atoms with E-state index in [2.05, 4.69) is 10.6 Å². The molecule has 132 valence electrons. The van der Waals surface area contributed by atoms with Gasteiger partial charge in [-0.3, -0.25) is 4.79 Å². The van der Waals surface area contributed by atoms with Crippen LogP contribution in [0, 0.1) is 11.3 Å². The van der Waals surface area contributed by atoms with Crippen molar-refractivity contribution in [1.29, 1.82) is 0 Å². The Morgan fingerprint density at radius 1 is 1.42 bits per heavy atom. The topological polar surface area (TPSA) is 101 Å². The van der Waals surface area contributed by atoms with Crippen LogP contribution in [0.2, 0.25) is 0 Å². The number of nitrogens with two attached hydrogens (primary N) is 1. The summed E-state index contributed by atoms with van der Waals surface area (Å²) >= 11 is 0. The maximum Gasteiger partial charge on any atom is 0.238 e. The summed E-state index contributed by atoms with van der Waals surface area (Å²) in [6.07, 6.45) is 4.74. The molecule has 4 N–H and O–H groups in total. The lowest BCUT2D eigenvalue weighted by Crippen LogP contribution is -2.44. The molecule has 1 aliphatic carbocycles. The Morgan fingerprint density at radius 3 is 2.92 bits per heavy atom. The summed E-state index contributed by atoms with van der Waals surface area (Å²) in [5, 5.41) is 11.6. The molecule has 2 atom stereocenters. The van der Waals surface area contributed by atoms with Gasteiger partial charge in [-0.2, -0.15) is 0 Å². The van der Waals surface area contributed by atoms with E-state index in [4.69, 9.17) is 5.14 Å². The van der Waals surface area contributed by atoms with Crippen molar-refractivity contribution in [3.05, 3.63) is 23.8 Å². The summed E-state index contributed by atoms with van der Waals surface area (Å²) in [4.78, 5) is 13.0. The van der Waals surface area contributed by atoms with E-state index in [-0.39, 0.29) is 16.2 Å². The van der Waals surface area contributed by atoms with Crippen molar-refractivity contribution in [3.8, 4) is 0 Å². The molecule has 1 aromatic carbocycles. The van der Waals surface area contributed by atoms with Crippen LogP contribution < -0.4 is 15.8 Å². The van der Waals surface area contributed by atoms with Gasteiger partial charge in [0, 0.05) is 12.2 Å². The molecule has 2 fully saturated rings. The second-order valence-corrected chi connectivity index (χ2v) is 8.43. The van der Waals surface area contributed by atoms with Gasteiger partial charge < -0.3 is 10.6 Å². The predicted octanol–water partition coefficient (Wildman–Crippen LogP) is 1.61. The lowest BCUT2D eigenvalue weighted by atomic mass is 9.67. The van der Waals surface area contributed by atoms with Gasteiger partial charge in [0.05, 0.1) is 10.3 Å². The Balaban J connectivity index is 1.87. The van der Waals surface area contributed by atoms with Crippen LogP contribution in [-0.2, 0) is 21.2 Å². The Morgan fingerprint density at radius 2 is 2.21 bits per heavy atom. The number of fused-ring (bicyclic) bond motifs is 1. The van der Waals surface area contributed by atoms with E-state index in [0.29, 0.717) is 30.1 Å². The molecule has 0 unspecified atom stereocenters. The fourth-order valence-corrected chi connectivity index (χ4v) is 5.00. The van der Waals surface area contributed by atoms with Crippen molar-refractivity contribution in [2.75, 3.05) is 18.4 Å². The van der Waals surface area contributed by atoms with Crippen molar-refractivity contribution in [3.63, 3.8) is 0 Å². The Hall–Kier alpha value is -1.44. The molecule has 0 bridgehead atoms. The van der Waals surface area contributed by atoms with E-state index in [1.54, 1.807) is 12.1 Å². The summed E-state index contributed by atoms with van der Waals surface area (Å²) in [6, 6.07) is 4.95. The normalized spacial score (nSPS) is 26.8. The average Bonchev–Trinajstić information content (AvgIpc) is 2.99. The SMILES string of the molecule is CCc1ccc(NC(=O)[C@@]23CCCC[C@H]2CNC3)cc1S(N)(=O)=O. The van der Waals surface area contributed by atoms with E-state index >= 15 is 0 Å². The van der Waals surface area contributed by atoms with Crippen LogP contribution in [0.4, 0.5) is 5.69 Å². The fourth-order valence-electron chi connectivity index (χ4n) is 4.14. The molecule has 1 heterocycles. The van der Waals surface area contributed by atoms with E-state index in [1.165, 1.54) is 12.5 Å². The number of sulfonamides is 1. The number of rotatable bonds is 4. The summed E-state index contributed by atoms with van der Waals surface area (Å²) in [6.45, 7) is 3.45. The maximum atomic E-state index is 13.0. The molecule has 0 aromatic heterocycles. The molecule has 2 aliphatic rings. The number of carbonyl (C=O) groups is 1. The lowest BCUT2D eigenvalue weighted by Gasteiger charge is -2.37. The summed E-state index contributed by atoms with van der Waals surface area (Å²) in [7, 11) is -3.81. The number of carbonyl (C=O) groups excluding carboxylic acids is 1. The van der Waals surface area contributed by atoms with E-state index in [9.17, 15) is 13.2 Å². The minimum atomic E-state index is -3.81. The first kappa shape index (κ1) is 17.4. The van der Waals surface area contributed by atoms with Gasteiger partial charge in [-0.15, -0.1) is 0 Å². The third-order valence-corrected chi connectivity index (χ3v) is 6.50. The van der Waals surface area contributed by atoms with E-state index in [0.717, 1.165) is 25.8 Å². The highest BCUT2D eigenvalue weighted by molar-refractivity contribution is 7.89.